The number of carbonyl (C=O) groups excluding carboxylic acids is 1. The molecule has 2 rings (SSSR count). The minimum absolute atomic E-state index is 0.0813. The van der Waals surface area contributed by atoms with E-state index in [9.17, 15) is 9.90 Å². The van der Waals surface area contributed by atoms with Gasteiger partial charge in [0, 0.05) is 26.3 Å². The van der Waals surface area contributed by atoms with Crippen LogP contribution in [-0.2, 0) is 4.79 Å². The number of nitrogens with one attached hydrogen (secondary N) is 1. The Kier molecular flexibility index (Phi) is 4.20. The molecule has 1 atom stereocenters. The maximum Gasteiger partial charge on any atom is 0.222 e. The molecule has 0 aromatic carbocycles. The number of β-amino-alcohol motifs (C(OH)–C–C–N with tert-alkyl or cyclic N) is 1. The van der Waals surface area contributed by atoms with E-state index in [0.717, 1.165) is 13.0 Å². The molecule has 0 aliphatic carbocycles. The minimum atomic E-state index is -1.04. The Hall–Kier alpha value is -2.13. The van der Waals surface area contributed by atoms with Crippen LogP contribution in [0.2, 0.25) is 0 Å². The van der Waals surface area contributed by atoms with E-state index in [1.165, 1.54) is 0 Å². The van der Waals surface area contributed by atoms with Gasteiger partial charge in [0.15, 0.2) is 0 Å². The molecule has 1 fully saturated rings. The number of amides is 1. The molecule has 2 N–H and O–H groups in total. The van der Waals surface area contributed by atoms with E-state index in [2.05, 4.69) is 16.4 Å². The van der Waals surface area contributed by atoms with Gasteiger partial charge in [-0.3, -0.25) is 4.79 Å². The van der Waals surface area contributed by atoms with Gasteiger partial charge in [0.05, 0.1) is 23.7 Å². The molecule has 20 heavy (non-hydrogen) atoms. The molecule has 2 heterocycles. The molecule has 1 unspecified atom stereocenters. The highest BCUT2D eigenvalue weighted by Crippen LogP contribution is 2.27. The lowest BCUT2D eigenvalue weighted by Crippen LogP contribution is -2.50. The standard InChI is InChI=1S/C14H18N4O2/c1-16-13(19)8-14(20)4-2-6-18(10-14)12-7-11(9-15)3-5-17-12/h3,5,7,20H,2,4,6,8,10H2,1H3,(H,16,19). The SMILES string of the molecule is CNC(=O)CC1(O)CCCN(c2cc(C#N)ccn2)C1. The second-order valence-electron chi connectivity index (χ2n) is 5.11. The van der Waals surface area contributed by atoms with Gasteiger partial charge >= 0.3 is 0 Å². The lowest BCUT2D eigenvalue weighted by molar-refractivity contribution is -0.125. The van der Waals surface area contributed by atoms with E-state index in [0.29, 0.717) is 24.3 Å². The van der Waals surface area contributed by atoms with Crippen molar-refractivity contribution in [3.8, 4) is 6.07 Å². The third kappa shape index (κ3) is 3.25. The van der Waals surface area contributed by atoms with Crippen LogP contribution in [0.4, 0.5) is 5.82 Å². The second-order valence-corrected chi connectivity index (χ2v) is 5.11. The molecule has 0 spiro atoms. The first-order chi connectivity index (χ1) is 9.56. The van der Waals surface area contributed by atoms with E-state index in [1.807, 2.05) is 4.90 Å². The van der Waals surface area contributed by atoms with Crippen LogP contribution in [0.15, 0.2) is 18.3 Å². The summed E-state index contributed by atoms with van der Waals surface area (Å²) < 4.78 is 0. The van der Waals surface area contributed by atoms with E-state index >= 15 is 0 Å². The van der Waals surface area contributed by atoms with Crippen molar-refractivity contribution in [1.82, 2.24) is 10.3 Å². The molecule has 106 valence electrons. The van der Waals surface area contributed by atoms with Crippen molar-refractivity contribution < 1.29 is 9.90 Å². The average Bonchev–Trinajstić information content (AvgIpc) is 2.46. The van der Waals surface area contributed by atoms with E-state index < -0.39 is 5.60 Å². The number of nitrogens with zero attached hydrogens (tertiary/aromatic N) is 3. The van der Waals surface area contributed by atoms with Gasteiger partial charge in [-0.1, -0.05) is 0 Å². The number of aliphatic hydroxyl groups is 1. The summed E-state index contributed by atoms with van der Waals surface area (Å²) in [6.07, 6.45) is 3.04. The fourth-order valence-corrected chi connectivity index (χ4v) is 2.50. The molecule has 1 saturated heterocycles. The number of carbonyl (C=O) groups is 1. The average molecular weight is 274 g/mol. The van der Waals surface area contributed by atoms with Crippen LogP contribution >= 0.6 is 0 Å². The number of aromatic nitrogens is 1. The fourth-order valence-electron chi connectivity index (χ4n) is 2.50. The van der Waals surface area contributed by atoms with Crippen LogP contribution in [-0.4, -0.2) is 41.7 Å². The Balaban J connectivity index is 2.13. The summed E-state index contributed by atoms with van der Waals surface area (Å²) in [5.41, 5.74) is -0.502. The van der Waals surface area contributed by atoms with Crippen LogP contribution in [0.1, 0.15) is 24.8 Å². The number of piperidine rings is 1. The molecule has 0 bridgehead atoms. The Labute approximate surface area is 118 Å². The highest BCUT2D eigenvalue weighted by molar-refractivity contribution is 5.76. The molecule has 0 saturated carbocycles. The molecule has 1 aromatic rings. The Morgan fingerprint density at radius 3 is 3.20 bits per heavy atom. The van der Waals surface area contributed by atoms with E-state index in [-0.39, 0.29) is 12.3 Å². The number of anilines is 1. The van der Waals surface area contributed by atoms with Crippen molar-refractivity contribution in [1.29, 1.82) is 5.26 Å². The zero-order valence-electron chi connectivity index (χ0n) is 11.5. The zero-order chi connectivity index (χ0) is 14.6. The molecule has 1 aromatic heterocycles. The van der Waals surface area contributed by atoms with E-state index in [1.54, 1.807) is 25.4 Å². The van der Waals surface area contributed by atoms with Crippen LogP contribution < -0.4 is 10.2 Å². The number of hydrogen-bond acceptors (Lipinski definition) is 5. The lowest BCUT2D eigenvalue weighted by atomic mass is 9.89. The van der Waals surface area contributed by atoms with Crippen LogP contribution in [0.5, 0.6) is 0 Å². The van der Waals surface area contributed by atoms with Crippen molar-refractivity contribution >= 4 is 11.7 Å². The molecule has 6 nitrogen and oxygen atoms in total. The second kappa shape index (κ2) is 5.88. The van der Waals surface area contributed by atoms with Crippen LogP contribution in [0, 0.1) is 11.3 Å². The number of pyridine rings is 1. The largest absolute Gasteiger partial charge is 0.388 e. The van der Waals surface area contributed by atoms with E-state index in [4.69, 9.17) is 5.26 Å². The third-order valence-corrected chi connectivity index (χ3v) is 3.52. The summed E-state index contributed by atoms with van der Waals surface area (Å²) in [7, 11) is 1.56. The predicted molar refractivity (Wildman–Crippen MR) is 74.0 cm³/mol. The Bertz CT molecular complexity index is 540. The van der Waals surface area contributed by atoms with Gasteiger partial charge in [0.2, 0.25) is 5.91 Å². The van der Waals surface area contributed by atoms with Crippen molar-refractivity contribution in [3.05, 3.63) is 23.9 Å². The maximum absolute atomic E-state index is 11.5. The molecular weight excluding hydrogens is 256 g/mol. The third-order valence-electron chi connectivity index (χ3n) is 3.52. The zero-order valence-corrected chi connectivity index (χ0v) is 11.5. The van der Waals surface area contributed by atoms with Crippen molar-refractivity contribution in [2.45, 2.75) is 24.9 Å². The molecule has 0 radical (unpaired) electrons. The molecular formula is C14H18N4O2. The minimum Gasteiger partial charge on any atom is -0.388 e. The summed E-state index contributed by atoms with van der Waals surface area (Å²) in [6.45, 7) is 1.11. The number of nitriles is 1. The smallest absolute Gasteiger partial charge is 0.222 e. The summed E-state index contributed by atoms with van der Waals surface area (Å²) in [5, 5.41) is 22.0. The van der Waals surface area contributed by atoms with Gasteiger partial charge in [-0.25, -0.2) is 4.98 Å². The highest BCUT2D eigenvalue weighted by Gasteiger charge is 2.35. The number of hydrogen-bond donors (Lipinski definition) is 2. The van der Waals surface area contributed by atoms with Crippen LogP contribution in [0.3, 0.4) is 0 Å². The van der Waals surface area contributed by atoms with Crippen molar-refractivity contribution in [2.75, 3.05) is 25.0 Å². The van der Waals surface area contributed by atoms with Gasteiger partial charge < -0.3 is 15.3 Å². The topological polar surface area (TPSA) is 89.2 Å². The highest BCUT2D eigenvalue weighted by atomic mass is 16.3. The first-order valence-electron chi connectivity index (χ1n) is 6.60. The fraction of sp³-hybridized carbons (Fsp3) is 0.500. The quantitative estimate of drug-likeness (QED) is 0.834. The Morgan fingerprint density at radius 1 is 1.70 bits per heavy atom. The van der Waals surface area contributed by atoms with Crippen LogP contribution in [0.25, 0.3) is 0 Å². The summed E-state index contributed by atoms with van der Waals surface area (Å²) in [6, 6.07) is 5.42. The van der Waals surface area contributed by atoms with Gasteiger partial charge in [-0.05, 0) is 25.0 Å². The van der Waals surface area contributed by atoms with Gasteiger partial charge in [0.1, 0.15) is 5.82 Å². The number of rotatable bonds is 3. The molecule has 1 aliphatic heterocycles. The van der Waals surface area contributed by atoms with Gasteiger partial charge in [-0.15, -0.1) is 0 Å². The van der Waals surface area contributed by atoms with Crippen molar-refractivity contribution in [3.63, 3.8) is 0 Å². The summed E-state index contributed by atoms with van der Waals surface area (Å²) in [4.78, 5) is 17.6. The van der Waals surface area contributed by atoms with Gasteiger partial charge in [-0.2, -0.15) is 5.26 Å². The van der Waals surface area contributed by atoms with Crippen molar-refractivity contribution in [2.24, 2.45) is 0 Å². The van der Waals surface area contributed by atoms with Gasteiger partial charge in [0.25, 0.3) is 0 Å². The monoisotopic (exact) mass is 274 g/mol. The molecule has 1 amide bonds. The summed E-state index contributed by atoms with van der Waals surface area (Å²) >= 11 is 0. The normalized spacial score (nSPS) is 22.1. The lowest BCUT2D eigenvalue weighted by Gasteiger charge is -2.39. The molecule has 6 heteroatoms. The predicted octanol–water partition coefficient (Wildman–Crippen LogP) is 0.421. The molecule has 1 aliphatic rings. The Morgan fingerprint density at radius 2 is 2.50 bits per heavy atom. The first kappa shape index (κ1) is 14.3. The first-order valence-corrected chi connectivity index (χ1v) is 6.60. The maximum atomic E-state index is 11.5. The summed E-state index contributed by atoms with van der Waals surface area (Å²) in [5.74, 6) is 0.493.